The van der Waals surface area contributed by atoms with Gasteiger partial charge in [0, 0.05) is 29.3 Å². The first kappa shape index (κ1) is 30.3. The van der Waals surface area contributed by atoms with Crippen LogP contribution in [0.5, 0.6) is 0 Å². The molecular formula is C34H31ClN2O6. The van der Waals surface area contributed by atoms with Gasteiger partial charge in [0.1, 0.15) is 0 Å². The van der Waals surface area contributed by atoms with Crippen molar-refractivity contribution in [3.05, 3.63) is 126 Å². The lowest BCUT2D eigenvalue weighted by atomic mass is 9.92. The van der Waals surface area contributed by atoms with Gasteiger partial charge in [-0.15, -0.1) is 10.2 Å². The number of halogens is 1. The Labute approximate surface area is 251 Å². The summed E-state index contributed by atoms with van der Waals surface area (Å²) in [6, 6.07) is 35.7. The van der Waals surface area contributed by atoms with Gasteiger partial charge in [-0.05, 0) is 37.1 Å². The van der Waals surface area contributed by atoms with Crippen LogP contribution in [0.3, 0.4) is 0 Å². The molecule has 220 valence electrons. The molecule has 0 radical (unpaired) electrons. The van der Waals surface area contributed by atoms with E-state index < -0.39 is 10.2 Å². The maximum atomic E-state index is 14.7. The molecule has 0 unspecified atom stereocenters. The number of rotatable bonds is 5. The summed E-state index contributed by atoms with van der Waals surface area (Å²) >= 11 is 0. The Morgan fingerprint density at radius 1 is 0.651 bits per heavy atom. The summed E-state index contributed by atoms with van der Waals surface area (Å²) in [6.45, 7) is 0.686. The van der Waals surface area contributed by atoms with E-state index in [1.54, 1.807) is 17.0 Å². The van der Waals surface area contributed by atoms with E-state index in [0.29, 0.717) is 17.7 Å². The number of aromatic nitrogens is 1. The van der Waals surface area contributed by atoms with Crippen LogP contribution >= 0.6 is 0 Å². The zero-order valence-electron chi connectivity index (χ0n) is 23.4. The monoisotopic (exact) mass is 598 g/mol. The second-order valence-electron chi connectivity index (χ2n) is 10.5. The van der Waals surface area contributed by atoms with Gasteiger partial charge in [-0.3, -0.25) is 14.5 Å². The summed E-state index contributed by atoms with van der Waals surface area (Å²) < 4.78 is 36.3. The summed E-state index contributed by atoms with van der Waals surface area (Å²) in [5.41, 5.74) is 4.31. The lowest BCUT2D eigenvalue weighted by Crippen LogP contribution is -2.68. The van der Waals surface area contributed by atoms with Crippen LogP contribution in [-0.2, 0) is 6.54 Å². The van der Waals surface area contributed by atoms with Crippen molar-refractivity contribution < 1.29 is 43.0 Å². The first-order valence-electron chi connectivity index (χ1n) is 14.1. The molecule has 0 atom stereocenters. The second kappa shape index (κ2) is 13.4. The number of pyridine rings is 1. The number of para-hydroxylation sites is 2. The first-order chi connectivity index (χ1) is 20.7. The maximum Gasteiger partial charge on any atom is 0.262 e. The standard InChI is InChI=1S/C34H31N2O2.ClHO4/c37-33(26-16-6-2-7-17-26)36(27-18-8-3-9-19-27)34(38)32-28-20-10-12-22-30(28)35(24-25-14-4-1-5-15-25)31-23-13-11-21-29(31)32;2-1(3,4)5/h1-2,4-7,10-17,20-23,27H,3,8-9,18-19,24H2;(H,2,3,4,5)/q+1;/p-1. The van der Waals surface area contributed by atoms with E-state index in [1.165, 1.54) is 5.56 Å². The average Bonchev–Trinajstić information content (AvgIpc) is 3.02. The minimum absolute atomic E-state index is 0.0990. The van der Waals surface area contributed by atoms with Crippen LogP contribution < -0.4 is 23.2 Å². The van der Waals surface area contributed by atoms with Crippen LogP contribution in [0.4, 0.5) is 0 Å². The van der Waals surface area contributed by atoms with Gasteiger partial charge >= 0.3 is 0 Å². The number of nitrogens with zero attached hydrogens (tertiary/aromatic N) is 2. The fourth-order valence-electron chi connectivity index (χ4n) is 5.89. The number of benzene rings is 4. The number of fused-ring (bicyclic) bond motifs is 2. The van der Waals surface area contributed by atoms with Crippen molar-refractivity contribution in [2.45, 2.75) is 44.7 Å². The van der Waals surface area contributed by atoms with Crippen molar-refractivity contribution in [1.29, 1.82) is 0 Å². The Balaban J connectivity index is 0.000000682. The van der Waals surface area contributed by atoms with Crippen LogP contribution in [0.15, 0.2) is 109 Å². The summed E-state index contributed by atoms with van der Waals surface area (Å²) in [5.74, 6) is -0.415. The van der Waals surface area contributed by atoms with Crippen molar-refractivity contribution in [2.75, 3.05) is 0 Å². The van der Waals surface area contributed by atoms with E-state index in [2.05, 4.69) is 41.0 Å². The first-order valence-corrected chi connectivity index (χ1v) is 15.4. The van der Waals surface area contributed by atoms with Gasteiger partial charge in [0.15, 0.2) is 6.54 Å². The van der Waals surface area contributed by atoms with Gasteiger partial charge in [0.2, 0.25) is 11.0 Å². The number of carbonyl (C=O) groups is 2. The SMILES string of the molecule is O=C(c1ccccc1)N(C(=O)c1c2ccccc2[n+](Cc2ccccc2)c2ccccc12)C1CCCCC1.[O-][Cl+3]([O-])([O-])[O-]. The molecule has 6 rings (SSSR count). The lowest BCUT2D eigenvalue weighted by Gasteiger charge is -2.33. The van der Waals surface area contributed by atoms with E-state index in [9.17, 15) is 9.59 Å². The van der Waals surface area contributed by atoms with Crippen molar-refractivity contribution >= 4 is 33.6 Å². The molecule has 0 spiro atoms. The predicted octanol–water partition coefficient (Wildman–Crippen LogP) is 2.19. The number of amides is 2. The minimum Gasteiger partial charge on any atom is -0.271 e. The third-order valence-corrected chi connectivity index (χ3v) is 7.72. The predicted molar refractivity (Wildman–Crippen MR) is 151 cm³/mol. The summed E-state index contributed by atoms with van der Waals surface area (Å²) in [4.78, 5) is 30.2. The molecule has 1 saturated carbocycles. The Morgan fingerprint density at radius 3 is 1.65 bits per heavy atom. The van der Waals surface area contributed by atoms with Gasteiger partial charge in [-0.2, -0.15) is 4.57 Å². The number of imide groups is 1. The van der Waals surface area contributed by atoms with E-state index in [0.717, 1.165) is 53.9 Å². The molecule has 1 aliphatic rings. The highest BCUT2D eigenvalue weighted by Gasteiger charge is 2.35. The molecule has 8 nitrogen and oxygen atoms in total. The quantitative estimate of drug-likeness (QED) is 0.173. The minimum atomic E-state index is -4.94. The smallest absolute Gasteiger partial charge is 0.262 e. The highest BCUT2D eigenvalue weighted by Crippen LogP contribution is 2.31. The van der Waals surface area contributed by atoms with E-state index >= 15 is 0 Å². The second-order valence-corrected chi connectivity index (χ2v) is 11.3. The zero-order valence-corrected chi connectivity index (χ0v) is 24.2. The fraction of sp³-hybridized carbons (Fsp3) is 0.206. The van der Waals surface area contributed by atoms with Crippen molar-refractivity contribution in [3.8, 4) is 0 Å². The molecule has 0 N–H and O–H groups in total. The highest BCUT2D eigenvalue weighted by molar-refractivity contribution is 6.20. The van der Waals surface area contributed by atoms with Crippen LogP contribution in [0.1, 0.15) is 58.4 Å². The molecule has 0 saturated heterocycles. The van der Waals surface area contributed by atoms with Crippen molar-refractivity contribution in [2.24, 2.45) is 0 Å². The third kappa shape index (κ3) is 7.25. The molecule has 1 aliphatic carbocycles. The van der Waals surface area contributed by atoms with Crippen molar-refractivity contribution in [1.82, 2.24) is 4.90 Å². The molecule has 9 heteroatoms. The maximum absolute atomic E-state index is 14.7. The van der Waals surface area contributed by atoms with E-state index in [-0.39, 0.29) is 17.9 Å². The molecule has 43 heavy (non-hydrogen) atoms. The Hall–Kier alpha value is -4.18. The average molecular weight is 599 g/mol. The Bertz CT molecular complexity index is 1660. The molecule has 1 aromatic heterocycles. The number of hydrogen-bond acceptors (Lipinski definition) is 6. The molecule has 1 heterocycles. The Morgan fingerprint density at radius 2 is 1.12 bits per heavy atom. The molecule has 5 aromatic rings. The molecule has 0 aliphatic heterocycles. The van der Waals surface area contributed by atoms with Gasteiger partial charge < -0.3 is 0 Å². The van der Waals surface area contributed by atoms with Gasteiger partial charge in [-0.25, -0.2) is 18.6 Å². The van der Waals surface area contributed by atoms with E-state index in [1.807, 2.05) is 60.7 Å². The zero-order chi connectivity index (χ0) is 30.4. The van der Waals surface area contributed by atoms with Gasteiger partial charge in [0.25, 0.3) is 11.8 Å². The molecule has 2 amide bonds. The van der Waals surface area contributed by atoms with Crippen LogP contribution in [0.2, 0.25) is 0 Å². The molecule has 4 aromatic carbocycles. The normalized spacial score (nSPS) is 13.8. The highest BCUT2D eigenvalue weighted by atomic mass is 35.7. The van der Waals surface area contributed by atoms with Crippen LogP contribution in [0, 0.1) is 10.2 Å². The van der Waals surface area contributed by atoms with Gasteiger partial charge in [0.05, 0.1) is 16.3 Å². The van der Waals surface area contributed by atoms with Crippen LogP contribution in [-0.4, -0.2) is 22.8 Å². The molecule has 1 fully saturated rings. The largest absolute Gasteiger partial charge is 0.271 e. The van der Waals surface area contributed by atoms with E-state index in [4.69, 9.17) is 18.6 Å². The van der Waals surface area contributed by atoms with Gasteiger partial charge in [-0.1, -0.05) is 92.1 Å². The molecular weight excluding hydrogens is 568 g/mol. The van der Waals surface area contributed by atoms with Crippen LogP contribution in [0.25, 0.3) is 21.8 Å². The topological polar surface area (TPSA) is 134 Å². The number of hydrogen-bond donors (Lipinski definition) is 0. The fourth-order valence-corrected chi connectivity index (χ4v) is 5.89. The number of carbonyl (C=O) groups excluding carboxylic acids is 2. The molecule has 0 bridgehead atoms. The summed E-state index contributed by atoms with van der Waals surface area (Å²) in [7, 11) is -4.94. The summed E-state index contributed by atoms with van der Waals surface area (Å²) in [6.07, 6.45) is 4.91. The lowest BCUT2D eigenvalue weighted by molar-refractivity contribution is -2.00. The van der Waals surface area contributed by atoms with Crippen molar-refractivity contribution in [3.63, 3.8) is 0 Å². The third-order valence-electron chi connectivity index (χ3n) is 7.72. The summed E-state index contributed by atoms with van der Waals surface area (Å²) in [5, 5.41) is 1.74. The Kier molecular flexibility index (Phi) is 9.45.